The third-order valence-electron chi connectivity index (χ3n) is 1.79. The van der Waals surface area contributed by atoms with Gasteiger partial charge in [0.1, 0.15) is 5.15 Å². The summed E-state index contributed by atoms with van der Waals surface area (Å²) in [6.45, 7) is 0. The van der Waals surface area contributed by atoms with Crippen molar-refractivity contribution in [1.29, 1.82) is 0 Å². The summed E-state index contributed by atoms with van der Waals surface area (Å²) in [7, 11) is 0. The maximum Gasteiger partial charge on any atom is 0.212 e. The van der Waals surface area contributed by atoms with E-state index in [4.69, 9.17) is 11.6 Å². The van der Waals surface area contributed by atoms with Crippen LogP contribution in [0.15, 0.2) is 36.7 Å². The van der Waals surface area contributed by atoms with Crippen molar-refractivity contribution in [2.75, 3.05) is 0 Å². The van der Waals surface area contributed by atoms with Gasteiger partial charge in [0.05, 0.1) is 0 Å². The molecule has 2 rings (SSSR count). The molecule has 0 spiro atoms. The molecule has 0 atom stereocenters. The minimum absolute atomic E-state index is 0.434. The Morgan fingerprint density at radius 2 is 1.57 bits per heavy atom. The van der Waals surface area contributed by atoms with Crippen LogP contribution in [0.3, 0.4) is 0 Å². The Kier molecular flexibility index (Phi) is 2.41. The van der Waals surface area contributed by atoms with E-state index in [1.54, 1.807) is 18.3 Å². The molecule has 4 heteroatoms. The molecule has 2 nitrogen and oxygen atoms in total. The summed E-state index contributed by atoms with van der Waals surface area (Å²) < 4.78 is 12.5. The summed E-state index contributed by atoms with van der Waals surface area (Å²) in [5, 5.41) is 0.434. The second kappa shape index (κ2) is 3.72. The molecule has 2 aromatic heterocycles. The number of hydrogen-bond donors (Lipinski definition) is 0. The fourth-order valence-electron chi connectivity index (χ4n) is 1.09. The van der Waals surface area contributed by atoms with Gasteiger partial charge in [0.25, 0.3) is 0 Å². The molecular formula is C10H6ClFN2. The monoisotopic (exact) mass is 208 g/mol. The van der Waals surface area contributed by atoms with Crippen molar-refractivity contribution in [1.82, 2.24) is 9.97 Å². The molecule has 0 aromatic carbocycles. The number of hydrogen-bond acceptors (Lipinski definition) is 2. The lowest BCUT2D eigenvalue weighted by molar-refractivity contribution is 0.584. The van der Waals surface area contributed by atoms with E-state index < -0.39 is 5.95 Å². The number of halogens is 2. The van der Waals surface area contributed by atoms with Crippen molar-refractivity contribution in [3.63, 3.8) is 0 Å². The Hall–Kier alpha value is -1.48. The predicted molar refractivity (Wildman–Crippen MR) is 52.4 cm³/mol. The Morgan fingerprint density at radius 3 is 2.07 bits per heavy atom. The molecule has 0 radical (unpaired) electrons. The van der Waals surface area contributed by atoms with Gasteiger partial charge in [-0.3, -0.25) is 0 Å². The van der Waals surface area contributed by atoms with Crippen LogP contribution >= 0.6 is 11.6 Å². The molecule has 2 aromatic rings. The molecule has 0 amide bonds. The molecule has 0 N–H and O–H groups in total. The second-order valence-corrected chi connectivity index (χ2v) is 3.13. The number of rotatable bonds is 1. The van der Waals surface area contributed by atoms with Crippen molar-refractivity contribution in [3.8, 4) is 11.1 Å². The largest absolute Gasteiger partial charge is 0.244 e. The fraction of sp³-hybridized carbons (Fsp3) is 0. The van der Waals surface area contributed by atoms with E-state index in [-0.39, 0.29) is 0 Å². The van der Waals surface area contributed by atoms with Gasteiger partial charge in [-0.05, 0) is 24.3 Å². The van der Waals surface area contributed by atoms with Crippen molar-refractivity contribution in [2.45, 2.75) is 0 Å². The van der Waals surface area contributed by atoms with Gasteiger partial charge in [-0.15, -0.1) is 0 Å². The zero-order chi connectivity index (χ0) is 9.97. The molecule has 0 saturated carbocycles. The fourth-order valence-corrected chi connectivity index (χ4v) is 1.20. The van der Waals surface area contributed by atoms with Gasteiger partial charge in [0.2, 0.25) is 5.95 Å². The van der Waals surface area contributed by atoms with Crippen LogP contribution in [-0.2, 0) is 0 Å². The molecule has 0 unspecified atom stereocenters. The third-order valence-corrected chi connectivity index (χ3v) is 2.01. The van der Waals surface area contributed by atoms with E-state index in [1.165, 1.54) is 12.3 Å². The van der Waals surface area contributed by atoms with E-state index in [2.05, 4.69) is 9.97 Å². The van der Waals surface area contributed by atoms with Crippen LogP contribution in [-0.4, -0.2) is 9.97 Å². The van der Waals surface area contributed by atoms with Crippen LogP contribution in [0.5, 0.6) is 0 Å². The van der Waals surface area contributed by atoms with Crippen LogP contribution in [0.4, 0.5) is 4.39 Å². The predicted octanol–water partition coefficient (Wildman–Crippen LogP) is 2.94. The van der Waals surface area contributed by atoms with Crippen molar-refractivity contribution in [2.24, 2.45) is 0 Å². The highest BCUT2D eigenvalue weighted by atomic mass is 35.5. The van der Waals surface area contributed by atoms with Crippen LogP contribution in [0.2, 0.25) is 5.15 Å². The second-order valence-electron chi connectivity index (χ2n) is 2.74. The molecular weight excluding hydrogens is 203 g/mol. The molecule has 0 saturated heterocycles. The van der Waals surface area contributed by atoms with Gasteiger partial charge < -0.3 is 0 Å². The van der Waals surface area contributed by atoms with E-state index in [9.17, 15) is 4.39 Å². The highest BCUT2D eigenvalue weighted by molar-refractivity contribution is 6.29. The molecule has 2 heterocycles. The first-order valence-electron chi connectivity index (χ1n) is 3.99. The highest BCUT2D eigenvalue weighted by Crippen LogP contribution is 2.18. The maximum atomic E-state index is 12.5. The summed E-state index contributed by atoms with van der Waals surface area (Å²) in [5.41, 5.74) is 1.68. The summed E-state index contributed by atoms with van der Waals surface area (Å²) in [6.07, 6.45) is 3.08. The number of pyridine rings is 2. The summed E-state index contributed by atoms with van der Waals surface area (Å²) >= 11 is 5.64. The summed E-state index contributed by atoms with van der Waals surface area (Å²) in [6, 6.07) is 6.45. The minimum atomic E-state index is -0.490. The Bertz CT molecular complexity index is 381. The van der Waals surface area contributed by atoms with Crippen molar-refractivity contribution < 1.29 is 4.39 Å². The van der Waals surface area contributed by atoms with Gasteiger partial charge in [0, 0.05) is 23.5 Å². The Balaban J connectivity index is 2.40. The molecule has 0 fully saturated rings. The van der Waals surface area contributed by atoms with Gasteiger partial charge in [-0.25, -0.2) is 9.97 Å². The molecule has 0 aliphatic rings. The maximum absolute atomic E-state index is 12.5. The molecule has 14 heavy (non-hydrogen) atoms. The number of nitrogens with zero attached hydrogens (tertiary/aromatic N) is 2. The lowest BCUT2D eigenvalue weighted by Gasteiger charge is -1.99. The lowest BCUT2D eigenvalue weighted by atomic mass is 10.1. The number of aromatic nitrogens is 2. The van der Waals surface area contributed by atoms with Crippen LogP contribution in [0.1, 0.15) is 0 Å². The van der Waals surface area contributed by atoms with Crippen LogP contribution in [0.25, 0.3) is 11.1 Å². The van der Waals surface area contributed by atoms with Gasteiger partial charge in [-0.2, -0.15) is 4.39 Å². The van der Waals surface area contributed by atoms with Crippen LogP contribution < -0.4 is 0 Å². The van der Waals surface area contributed by atoms with Crippen LogP contribution in [0, 0.1) is 5.95 Å². The van der Waals surface area contributed by atoms with E-state index >= 15 is 0 Å². The topological polar surface area (TPSA) is 25.8 Å². The van der Waals surface area contributed by atoms with Gasteiger partial charge in [-0.1, -0.05) is 11.6 Å². The summed E-state index contributed by atoms with van der Waals surface area (Å²) in [4.78, 5) is 7.47. The average molecular weight is 209 g/mol. The smallest absolute Gasteiger partial charge is 0.212 e. The zero-order valence-electron chi connectivity index (χ0n) is 7.11. The quantitative estimate of drug-likeness (QED) is 0.674. The standard InChI is InChI=1S/C10H6ClFN2/c11-9-3-1-7(5-13-9)8-2-4-10(12)14-6-8/h1-6H. The first-order chi connectivity index (χ1) is 6.75. The van der Waals surface area contributed by atoms with E-state index in [0.29, 0.717) is 5.15 Å². The normalized spacial score (nSPS) is 10.1. The summed E-state index contributed by atoms with van der Waals surface area (Å²) in [5.74, 6) is -0.490. The van der Waals surface area contributed by atoms with Crippen molar-refractivity contribution >= 4 is 11.6 Å². The first kappa shape index (κ1) is 9.09. The van der Waals surface area contributed by atoms with Gasteiger partial charge >= 0.3 is 0 Å². The highest BCUT2D eigenvalue weighted by Gasteiger charge is 1.98. The molecule has 0 aliphatic heterocycles. The third kappa shape index (κ3) is 1.88. The average Bonchev–Trinajstić information content (AvgIpc) is 2.21. The molecule has 70 valence electrons. The Morgan fingerprint density at radius 1 is 0.929 bits per heavy atom. The first-order valence-corrected chi connectivity index (χ1v) is 4.37. The van der Waals surface area contributed by atoms with E-state index in [1.807, 2.05) is 6.07 Å². The van der Waals surface area contributed by atoms with Crippen molar-refractivity contribution in [3.05, 3.63) is 47.8 Å². The SMILES string of the molecule is Fc1ccc(-c2ccc(Cl)nc2)cn1. The zero-order valence-corrected chi connectivity index (χ0v) is 7.87. The molecule has 0 bridgehead atoms. The van der Waals surface area contributed by atoms with E-state index in [0.717, 1.165) is 11.1 Å². The minimum Gasteiger partial charge on any atom is -0.244 e. The van der Waals surface area contributed by atoms with Gasteiger partial charge in [0.15, 0.2) is 0 Å². The molecule has 0 aliphatic carbocycles. The lowest BCUT2D eigenvalue weighted by Crippen LogP contribution is -1.84. The Labute approximate surface area is 85.4 Å².